The summed E-state index contributed by atoms with van der Waals surface area (Å²) in [5.41, 5.74) is 7.79. The molecule has 0 atom stereocenters. The van der Waals surface area contributed by atoms with Crippen LogP contribution in [0, 0.1) is 0 Å². The summed E-state index contributed by atoms with van der Waals surface area (Å²) in [7, 11) is 0. The zero-order chi connectivity index (χ0) is 11.7. The van der Waals surface area contributed by atoms with Crippen LogP contribution in [0.5, 0.6) is 0 Å². The lowest BCUT2D eigenvalue weighted by molar-refractivity contribution is 0.959. The normalized spacial score (nSPS) is 14.5. The zero-order valence-electron chi connectivity index (χ0n) is 9.40. The Morgan fingerprint density at radius 3 is 2.76 bits per heavy atom. The molecule has 0 spiro atoms. The first kappa shape index (κ1) is 9.96. The molecule has 0 amide bonds. The molecule has 4 heteroatoms. The monoisotopic (exact) mass is 226 g/mol. The van der Waals surface area contributed by atoms with Crippen LogP contribution in [0.1, 0.15) is 0 Å². The molecule has 0 saturated heterocycles. The predicted molar refractivity (Wildman–Crippen MR) is 72.3 cm³/mol. The molecular formula is C13H14N4. The maximum Gasteiger partial charge on any atom is 0.195 e. The second kappa shape index (κ2) is 3.97. The summed E-state index contributed by atoms with van der Waals surface area (Å²) >= 11 is 0. The van der Waals surface area contributed by atoms with Crippen molar-refractivity contribution in [3.05, 3.63) is 36.4 Å². The van der Waals surface area contributed by atoms with E-state index in [4.69, 9.17) is 5.73 Å². The van der Waals surface area contributed by atoms with E-state index in [1.54, 1.807) is 0 Å². The van der Waals surface area contributed by atoms with Gasteiger partial charge in [0, 0.05) is 28.7 Å². The molecule has 1 aliphatic heterocycles. The number of nitrogens with zero attached hydrogens (tertiary/aromatic N) is 1. The molecule has 86 valence electrons. The number of hydrogen-bond acceptors (Lipinski definition) is 4. The third-order valence-electron chi connectivity index (χ3n) is 2.88. The Hall–Kier alpha value is -2.23. The largest absolute Gasteiger partial charge is 0.398 e. The fraction of sp³-hybridized carbons (Fsp3) is 0.154. The van der Waals surface area contributed by atoms with Crippen LogP contribution < -0.4 is 16.4 Å². The van der Waals surface area contributed by atoms with E-state index in [1.807, 2.05) is 30.3 Å². The number of fused-ring (bicyclic) bond motifs is 1. The number of aliphatic imine (C=N–C) groups is 1. The first-order valence-corrected chi connectivity index (χ1v) is 5.67. The highest BCUT2D eigenvalue weighted by Gasteiger charge is 2.07. The first-order chi connectivity index (χ1) is 8.34. The lowest BCUT2D eigenvalue weighted by atomic mass is 10.1. The Kier molecular flexibility index (Phi) is 2.33. The molecule has 0 radical (unpaired) electrons. The van der Waals surface area contributed by atoms with Gasteiger partial charge in [-0.15, -0.1) is 0 Å². The van der Waals surface area contributed by atoms with Crippen molar-refractivity contribution in [2.45, 2.75) is 0 Å². The molecule has 4 N–H and O–H groups in total. The number of guanidine groups is 1. The average Bonchev–Trinajstić information content (AvgIpc) is 2.83. The molecule has 0 saturated carbocycles. The van der Waals surface area contributed by atoms with Crippen molar-refractivity contribution in [1.82, 2.24) is 5.32 Å². The van der Waals surface area contributed by atoms with E-state index in [-0.39, 0.29) is 0 Å². The van der Waals surface area contributed by atoms with Crippen molar-refractivity contribution in [3.63, 3.8) is 0 Å². The van der Waals surface area contributed by atoms with E-state index in [1.165, 1.54) is 0 Å². The maximum atomic E-state index is 5.96. The van der Waals surface area contributed by atoms with Gasteiger partial charge in [-0.25, -0.2) is 0 Å². The average molecular weight is 226 g/mol. The highest BCUT2D eigenvalue weighted by molar-refractivity contribution is 6.06. The van der Waals surface area contributed by atoms with Crippen LogP contribution >= 0.6 is 0 Å². The summed E-state index contributed by atoms with van der Waals surface area (Å²) in [6.45, 7) is 1.73. The van der Waals surface area contributed by atoms with Crippen molar-refractivity contribution < 1.29 is 0 Å². The molecule has 2 aromatic rings. The van der Waals surface area contributed by atoms with Crippen LogP contribution in [0.4, 0.5) is 11.4 Å². The summed E-state index contributed by atoms with van der Waals surface area (Å²) in [4.78, 5) is 4.32. The number of nitrogen functional groups attached to an aromatic ring is 1. The molecule has 0 unspecified atom stereocenters. The molecule has 0 aliphatic carbocycles. The zero-order valence-corrected chi connectivity index (χ0v) is 9.40. The lowest BCUT2D eigenvalue weighted by Crippen LogP contribution is -2.26. The third-order valence-corrected chi connectivity index (χ3v) is 2.88. The SMILES string of the molecule is Nc1cccc2c(NC3=NCCN3)cccc12. The highest BCUT2D eigenvalue weighted by atomic mass is 15.2. The Morgan fingerprint density at radius 2 is 1.94 bits per heavy atom. The van der Waals surface area contributed by atoms with Gasteiger partial charge < -0.3 is 16.4 Å². The van der Waals surface area contributed by atoms with Crippen LogP contribution in [-0.2, 0) is 0 Å². The number of hydrogen-bond donors (Lipinski definition) is 3. The van der Waals surface area contributed by atoms with Crippen LogP contribution in [0.15, 0.2) is 41.4 Å². The van der Waals surface area contributed by atoms with Gasteiger partial charge in [-0.1, -0.05) is 24.3 Å². The van der Waals surface area contributed by atoms with E-state index < -0.39 is 0 Å². The minimum Gasteiger partial charge on any atom is -0.398 e. The van der Waals surface area contributed by atoms with Crippen molar-refractivity contribution in [2.75, 3.05) is 24.1 Å². The Balaban J connectivity index is 2.07. The van der Waals surface area contributed by atoms with E-state index in [0.29, 0.717) is 0 Å². The third kappa shape index (κ3) is 1.78. The Labute approximate surface area is 99.5 Å². The lowest BCUT2D eigenvalue weighted by Gasteiger charge is -2.10. The molecule has 1 aliphatic rings. The summed E-state index contributed by atoms with van der Waals surface area (Å²) < 4.78 is 0. The predicted octanol–water partition coefficient (Wildman–Crippen LogP) is 1.79. The van der Waals surface area contributed by atoms with Gasteiger partial charge in [0.2, 0.25) is 0 Å². The van der Waals surface area contributed by atoms with Gasteiger partial charge in [-0.05, 0) is 12.1 Å². The molecule has 17 heavy (non-hydrogen) atoms. The van der Waals surface area contributed by atoms with Gasteiger partial charge in [-0.2, -0.15) is 0 Å². The quantitative estimate of drug-likeness (QED) is 0.650. The van der Waals surface area contributed by atoms with E-state index in [9.17, 15) is 0 Å². The van der Waals surface area contributed by atoms with Crippen molar-refractivity contribution in [1.29, 1.82) is 0 Å². The standard InChI is InChI=1S/C13H14N4/c14-11-5-1-4-10-9(11)3-2-6-12(10)17-13-15-7-8-16-13/h1-6H,7-8,14H2,(H2,15,16,17). The van der Waals surface area contributed by atoms with Gasteiger partial charge in [0.05, 0.1) is 6.54 Å². The van der Waals surface area contributed by atoms with Crippen LogP contribution in [0.25, 0.3) is 10.8 Å². The number of anilines is 2. The highest BCUT2D eigenvalue weighted by Crippen LogP contribution is 2.27. The Bertz CT molecular complexity index is 589. The van der Waals surface area contributed by atoms with E-state index in [2.05, 4.69) is 21.7 Å². The minimum absolute atomic E-state index is 0.799. The molecule has 2 aromatic carbocycles. The van der Waals surface area contributed by atoms with Crippen molar-refractivity contribution in [2.24, 2.45) is 4.99 Å². The van der Waals surface area contributed by atoms with Gasteiger partial charge in [0.15, 0.2) is 5.96 Å². The maximum absolute atomic E-state index is 5.96. The number of nitrogens with two attached hydrogens (primary N) is 1. The fourth-order valence-electron chi connectivity index (χ4n) is 2.05. The van der Waals surface area contributed by atoms with Gasteiger partial charge in [0.1, 0.15) is 0 Å². The second-order valence-corrected chi connectivity index (χ2v) is 4.03. The second-order valence-electron chi connectivity index (χ2n) is 4.03. The topological polar surface area (TPSA) is 62.4 Å². The van der Waals surface area contributed by atoms with Crippen molar-refractivity contribution in [3.8, 4) is 0 Å². The van der Waals surface area contributed by atoms with E-state index >= 15 is 0 Å². The fourth-order valence-corrected chi connectivity index (χ4v) is 2.05. The molecular weight excluding hydrogens is 212 g/mol. The summed E-state index contributed by atoms with van der Waals surface area (Å²) in [5.74, 6) is 0.833. The van der Waals surface area contributed by atoms with E-state index in [0.717, 1.165) is 41.2 Å². The summed E-state index contributed by atoms with van der Waals surface area (Å²) in [6.07, 6.45) is 0. The van der Waals surface area contributed by atoms with Crippen molar-refractivity contribution >= 4 is 28.1 Å². The molecule has 4 nitrogen and oxygen atoms in total. The number of nitrogens with one attached hydrogen (secondary N) is 2. The Morgan fingerprint density at radius 1 is 1.12 bits per heavy atom. The number of benzene rings is 2. The minimum atomic E-state index is 0.799. The van der Waals surface area contributed by atoms with Gasteiger partial charge >= 0.3 is 0 Å². The smallest absolute Gasteiger partial charge is 0.195 e. The van der Waals surface area contributed by atoms with Crippen LogP contribution in [-0.4, -0.2) is 19.0 Å². The molecule has 0 bridgehead atoms. The number of rotatable bonds is 1. The van der Waals surface area contributed by atoms with Gasteiger partial charge in [0.25, 0.3) is 0 Å². The van der Waals surface area contributed by atoms with Crippen LogP contribution in [0.2, 0.25) is 0 Å². The molecule has 0 fully saturated rings. The molecule has 3 rings (SSSR count). The first-order valence-electron chi connectivity index (χ1n) is 5.67. The summed E-state index contributed by atoms with van der Waals surface area (Å²) in [6, 6.07) is 12.0. The molecule has 0 aromatic heterocycles. The van der Waals surface area contributed by atoms with Gasteiger partial charge in [-0.3, -0.25) is 4.99 Å². The van der Waals surface area contributed by atoms with Crippen LogP contribution in [0.3, 0.4) is 0 Å². The molecule has 1 heterocycles. The summed E-state index contributed by atoms with van der Waals surface area (Å²) in [5, 5.41) is 8.67.